The molecule has 41 heavy (non-hydrogen) atoms. The quantitative estimate of drug-likeness (QED) is 0.0762. The number of aliphatic hydroxyl groups excluding tert-OH is 10. The summed E-state index contributed by atoms with van der Waals surface area (Å²) in [4.78, 5) is 13.5. The second-order valence-electron chi connectivity index (χ2n) is 9.41. The summed E-state index contributed by atoms with van der Waals surface area (Å²) in [5, 5.41) is 97.9. The van der Waals surface area contributed by atoms with E-state index in [1.807, 2.05) is 0 Å². The molecule has 0 radical (unpaired) electrons. The molecule has 0 amide bonds. The second kappa shape index (κ2) is 17.7. The topological polar surface area (TPSA) is 245 Å². The van der Waals surface area contributed by atoms with Gasteiger partial charge in [-0.05, 0) is 29.8 Å². The first-order valence-electron chi connectivity index (χ1n) is 12.8. The van der Waals surface area contributed by atoms with E-state index in [1.165, 1.54) is 11.2 Å². The maximum absolute atomic E-state index is 12.1. The predicted molar refractivity (Wildman–Crippen MR) is 145 cm³/mol. The molecule has 15 heteroatoms. The molecule has 2 aromatic rings. The zero-order valence-electron chi connectivity index (χ0n) is 22.2. The fraction of sp³-hybridized carbons (Fsp3) is 0.577. The Morgan fingerprint density at radius 3 is 1.88 bits per heavy atom. The van der Waals surface area contributed by atoms with Gasteiger partial charge in [0, 0.05) is 25.4 Å². The van der Waals surface area contributed by atoms with Crippen LogP contribution in [-0.4, -0.2) is 149 Å². The molecular weight excluding hydrogens is 566 g/mol. The minimum Gasteiger partial charge on any atom is -0.492 e. The number of aliphatic hydroxyl groups is 10. The largest absolute Gasteiger partial charge is 0.492 e. The molecule has 0 aliphatic heterocycles. The van der Waals surface area contributed by atoms with Gasteiger partial charge in [-0.3, -0.25) is 9.69 Å². The van der Waals surface area contributed by atoms with Crippen LogP contribution in [0, 0.1) is 0 Å². The Balaban J connectivity index is 2.02. The van der Waals surface area contributed by atoms with Crippen LogP contribution in [0.15, 0.2) is 47.1 Å². The van der Waals surface area contributed by atoms with Gasteiger partial charge in [0.1, 0.15) is 49.0 Å². The van der Waals surface area contributed by atoms with Crippen molar-refractivity contribution in [1.29, 1.82) is 0 Å². The summed E-state index contributed by atoms with van der Waals surface area (Å²) in [6, 6.07) is 10.1. The van der Waals surface area contributed by atoms with Crippen LogP contribution in [0.5, 0.6) is 5.75 Å². The Hall–Kier alpha value is -2.12. The average Bonchev–Trinajstić information content (AvgIpc) is 3.53. The van der Waals surface area contributed by atoms with Gasteiger partial charge in [0.05, 0.1) is 31.7 Å². The molecule has 10 N–H and O–H groups in total. The Bertz CT molecular complexity index is 983. The van der Waals surface area contributed by atoms with E-state index in [0.29, 0.717) is 11.5 Å². The lowest BCUT2D eigenvalue weighted by atomic mass is 10.0. The number of thioether (sulfide) groups is 1. The molecule has 0 spiro atoms. The molecule has 0 aliphatic rings. The van der Waals surface area contributed by atoms with Crippen molar-refractivity contribution in [2.75, 3.05) is 39.5 Å². The summed E-state index contributed by atoms with van der Waals surface area (Å²) >= 11 is 1.05. The molecule has 1 aromatic carbocycles. The third-order valence-corrected chi connectivity index (χ3v) is 7.15. The number of hydrogen-bond acceptors (Lipinski definition) is 15. The third kappa shape index (κ3) is 11.2. The zero-order valence-corrected chi connectivity index (χ0v) is 23.0. The summed E-state index contributed by atoms with van der Waals surface area (Å²) in [5.41, 5.74) is 0.786. The summed E-state index contributed by atoms with van der Waals surface area (Å²) in [7, 11) is 0. The standard InChI is InChI=1S/C26H39NO13S/c28-12-19(32)24(36)22(34)17(30)10-27(11-18(31)23(35)25(37)20(33)13-29)6-8-39-16-4-1-3-15(9-16)14-41-26(38)21-5-2-7-40-21/h1-5,7,9,17-20,22-25,28-37H,6,8,10-14H2. The van der Waals surface area contributed by atoms with E-state index in [2.05, 4.69) is 0 Å². The molecule has 8 atom stereocenters. The van der Waals surface area contributed by atoms with Gasteiger partial charge in [-0.1, -0.05) is 23.9 Å². The molecule has 1 aromatic heterocycles. The number of benzene rings is 1. The van der Waals surface area contributed by atoms with E-state index in [0.717, 1.165) is 17.3 Å². The first-order valence-corrected chi connectivity index (χ1v) is 13.8. The molecule has 0 saturated heterocycles. The molecule has 8 unspecified atom stereocenters. The van der Waals surface area contributed by atoms with Crippen LogP contribution < -0.4 is 4.74 Å². The van der Waals surface area contributed by atoms with Crippen LogP contribution in [0.25, 0.3) is 0 Å². The molecule has 0 saturated carbocycles. The highest BCUT2D eigenvalue weighted by Gasteiger charge is 2.34. The van der Waals surface area contributed by atoms with Gasteiger partial charge in [-0.2, -0.15) is 0 Å². The molecule has 14 nitrogen and oxygen atoms in total. The normalized spacial score (nSPS) is 17.8. The van der Waals surface area contributed by atoms with Crippen molar-refractivity contribution in [2.24, 2.45) is 0 Å². The SMILES string of the molecule is O=C(SCc1cccc(OCCN(CC(O)C(O)C(O)C(O)CO)CC(O)C(O)C(O)C(O)CO)c1)c1ccco1. The van der Waals surface area contributed by atoms with Crippen molar-refractivity contribution in [3.63, 3.8) is 0 Å². The van der Waals surface area contributed by atoms with Gasteiger partial charge in [0.15, 0.2) is 5.76 Å². The molecule has 232 valence electrons. The summed E-state index contributed by atoms with van der Waals surface area (Å²) in [6.07, 6.45) is -12.9. The van der Waals surface area contributed by atoms with E-state index in [1.54, 1.807) is 36.4 Å². The number of carbonyl (C=O) groups is 1. The smallest absolute Gasteiger partial charge is 0.254 e. The minimum absolute atomic E-state index is 0.0131. The highest BCUT2D eigenvalue weighted by Crippen LogP contribution is 2.21. The van der Waals surface area contributed by atoms with Crippen LogP contribution in [0.4, 0.5) is 0 Å². The Morgan fingerprint density at radius 1 is 0.805 bits per heavy atom. The lowest BCUT2D eigenvalue weighted by Gasteiger charge is -2.33. The van der Waals surface area contributed by atoms with E-state index in [4.69, 9.17) is 19.4 Å². The van der Waals surface area contributed by atoms with Crippen LogP contribution >= 0.6 is 11.8 Å². The summed E-state index contributed by atoms with van der Waals surface area (Å²) < 4.78 is 10.8. The number of hydrogen-bond donors (Lipinski definition) is 10. The molecule has 1 heterocycles. The third-order valence-electron chi connectivity index (χ3n) is 6.21. The van der Waals surface area contributed by atoms with Gasteiger partial charge in [0.2, 0.25) is 0 Å². The molecule has 0 aliphatic carbocycles. The first-order chi connectivity index (χ1) is 19.5. The van der Waals surface area contributed by atoms with Gasteiger partial charge in [0.25, 0.3) is 5.12 Å². The Kier molecular flexibility index (Phi) is 15.2. The number of ether oxygens (including phenoxy) is 1. The summed E-state index contributed by atoms with van der Waals surface area (Å²) in [6.45, 7) is -2.60. The van der Waals surface area contributed by atoms with Crippen molar-refractivity contribution < 1.29 is 65.0 Å². The molecule has 2 rings (SSSR count). The number of nitrogens with zero attached hydrogens (tertiary/aromatic N) is 1. The van der Waals surface area contributed by atoms with E-state index in [9.17, 15) is 45.6 Å². The zero-order chi connectivity index (χ0) is 30.5. The van der Waals surface area contributed by atoms with Crippen molar-refractivity contribution in [1.82, 2.24) is 4.90 Å². The average molecular weight is 606 g/mol. The molecule has 0 bridgehead atoms. The maximum Gasteiger partial charge on any atom is 0.254 e. The van der Waals surface area contributed by atoms with Crippen LogP contribution in [0.2, 0.25) is 0 Å². The molecule has 0 fully saturated rings. The van der Waals surface area contributed by atoms with E-state index >= 15 is 0 Å². The predicted octanol–water partition coefficient (Wildman–Crippen LogP) is -3.09. The van der Waals surface area contributed by atoms with Crippen molar-refractivity contribution in [2.45, 2.75) is 54.6 Å². The Morgan fingerprint density at radius 2 is 1.37 bits per heavy atom. The van der Waals surface area contributed by atoms with E-state index in [-0.39, 0.29) is 24.0 Å². The van der Waals surface area contributed by atoms with Crippen molar-refractivity contribution >= 4 is 16.9 Å². The van der Waals surface area contributed by atoms with Crippen LogP contribution in [-0.2, 0) is 5.75 Å². The van der Waals surface area contributed by atoms with Crippen LogP contribution in [0.1, 0.15) is 16.1 Å². The van der Waals surface area contributed by atoms with Gasteiger partial charge in [-0.15, -0.1) is 0 Å². The van der Waals surface area contributed by atoms with Crippen molar-refractivity contribution in [3.8, 4) is 5.75 Å². The van der Waals surface area contributed by atoms with Gasteiger partial charge >= 0.3 is 0 Å². The first kappa shape index (κ1) is 35.1. The number of furan rings is 1. The molecular formula is C26H39NO13S. The lowest BCUT2D eigenvalue weighted by molar-refractivity contribution is -0.130. The fourth-order valence-corrected chi connectivity index (χ4v) is 4.50. The highest BCUT2D eigenvalue weighted by atomic mass is 32.2. The van der Waals surface area contributed by atoms with Crippen LogP contribution in [0.3, 0.4) is 0 Å². The fourth-order valence-electron chi connectivity index (χ4n) is 3.76. The van der Waals surface area contributed by atoms with Gasteiger partial charge in [-0.25, -0.2) is 0 Å². The monoisotopic (exact) mass is 605 g/mol. The van der Waals surface area contributed by atoms with E-state index < -0.39 is 75.1 Å². The maximum atomic E-state index is 12.1. The summed E-state index contributed by atoms with van der Waals surface area (Å²) in [5.74, 6) is 1.03. The minimum atomic E-state index is -1.89. The number of rotatable bonds is 19. The number of carbonyl (C=O) groups excluding carboxylic acids is 1. The lowest BCUT2D eigenvalue weighted by Crippen LogP contribution is -2.53. The Labute approximate surface area is 240 Å². The highest BCUT2D eigenvalue weighted by molar-refractivity contribution is 8.13. The van der Waals surface area contributed by atoms with Gasteiger partial charge < -0.3 is 60.2 Å². The second-order valence-corrected chi connectivity index (χ2v) is 10.4. The van der Waals surface area contributed by atoms with Crippen molar-refractivity contribution in [3.05, 3.63) is 54.0 Å².